The van der Waals surface area contributed by atoms with E-state index in [1.165, 1.54) is 18.0 Å². The number of hydrogen-bond acceptors (Lipinski definition) is 8. The van der Waals surface area contributed by atoms with Crippen molar-refractivity contribution in [2.75, 3.05) is 23.3 Å². The van der Waals surface area contributed by atoms with E-state index in [0.717, 1.165) is 25.2 Å². The first-order chi connectivity index (χ1) is 20.3. The molecule has 0 spiro atoms. The predicted octanol–water partition coefficient (Wildman–Crippen LogP) is 7.40. The Bertz CT molecular complexity index is 1680. The topological polar surface area (TPSA) is 132 Å². The van der Waals surface area contributed by atoms with Crippen LogP contribution >= 0.6 is 23.2 Å². The number of phenols is 1. The summed E-state index contributed by atoms with van der Waals surface area (Å²) in [7, 11) is 0. The molecule has 1 atom stereocenters. The highest BCUT2D eigenvalue weighted by Gasteiger charge is 2.36. The van der Waals surface area contributed by atoms with Gasteiger partial charge in [0.2, 0.25) is 0 Å². The van der Waals surface area contributed by atoms with Gasteiger partial charge in [0.25, 0.3) is 0 Å². The molecule has 5 rings (SSSR count). The van der Waals surface area contributed by atoms with E-state index in [2.05, 4.69) is 20.2 Å². The van der Waals surface area contributed by atoms with Gasteiger partial charge in [-0.05, 0) is 76.9 Å². The van der Waals surface area contributed by atoms with E-state index < -0.39 is 11.6 Å². The third-order valence-corrected chi connectivity index (χ3v) is 8.01. The Hall–Kier alpha value is -4.15. The Morgan fingerprint density at radius 2 is 1.79 bits per heavy atom. The fourth-order valence-electron chi connectivity index (χ4n) is 5.49. The van der Waals surface area contributed by atoms with Crippen LogP contribution in [0.5, 0.6) is 5.75 Å². The van der Waals surface area contributed by atoms with Crippen molar-refractivity contribution < 1.29 is 19.8 Å². The van der Waals surface area contributed by atoms with Crippen LogP contribution in [0.1, 0.15) is 50.9 Å². The van der Waals surface area contributed by atoms with Gasteiger partial charge in [-0.3, -0.25) is 14.7 Å². The molecule has 224 valence electrons. The molecule has 1 aliphatic heterocycles. The number of carboxylic acid groups (broad SMARTS) is 1. The average molecular weight is 624 g/mol. The maximum Gasteiger partial charge on any atom is 0.408 e. The Labute approximate surface area is 259 Å². The van der Waals surface area contributed by atoms with Gasteiger partial charge in [0, 0.05) is 30.4 Å². The molecule has 0 saturated carbocycles. The zero-order valence-corrected chi connectivity index (χ0v) is 25.7. The molecule has 0 unspecified atom stereocenters. The molecular formula is C31H32Cl2N6O4. The summed E-state index contributed by atoms with van der Waals surface area (Å²) in [6.07, 6.45) is 3.91. The Balaban J connectivity index is 1.45. The molecule has 4 aromatic rings. The number of pyridine rings is 3. The number of Topliss-reactive ketones (excluding diaryl/α,β-unsaturated/α-hetero) is 1. The highest BCUT2D eigenvalue weighted by molar-refractivity contribution is 6.37. The minimum atomic E-state index is -0.925. The lowest BCUT2D eigenvalue weighted by Crippen LogP contribution is -2.57. The van der Waals surface area contributed by atoms with Crippen LogP contribution < -0.4 is 10.2 Å². The molecule has 1 saturated heterocycles. The molecule has 1 fully saturated rings. The smallest absolute Gasteiger partial charge is 0.408 e. The lowest BCUT2D eigenvalue weighted by Gasteiger charge is -2.44. The van der Waals surface area contributed by atoms with Crippen LogP contribution in [0.25, 0.3) is 22.3 Å². The molecule has 0 radical (unpaired) electrons. The monoisotopic (exact) mass is 622 g/mol. The first-order valence-corrected chi connectivity index (χ1v) is 14.6. The summed E-state index contributed by atoms with van der Waals surface area (Å²) < 4.78 is 0. The van der Waals surface area contributed by atoms with Crippen molar-refractivity contribution in [3.8, 4) is 17.0 Å². The molecule has 0 aliphatic carbocycles. The zero-order valence-electron chi connectivity index (χ0n) is 24.2. The van der Waals surface area contributed by atoms with Gasteiger partial charge < -0.3 is 20.4 Å². The molecular weight excluding hydrogens is 591 g/mol. The second-order valence-electron chi connectivity index (χ2n) is 11.6. The molecule has 1 aliphatic rings. The second-order valence-corrected chi connectivity index (χ2v) is 12.4. The number of carbonyl (C=O) groups is 2. The van der Waals surface area contributed by atoms with Crippen molar-refractivity contribution in [1.29, 1.82) is 0 Å². The Morgan fingerprint density at radius 1 is 1.07 bits per heavy atom. The summed E-state index contributed by atoms with van der Waals surface area (Å²) in [5, 5.41) is 23.4. The maximum atomic E-state index is 12.6. The van der Waals surface area contributed by atoms with E-state index in [9.17, 15) is 19.8 Å². The largest absolute Gasteiger partial charge is 0.505 e. The van der Waals surface area contributed by atoms with Crippen molar-refractivity contribution in [2.24, 2.45) is 0 Å². The van der Waals surface area contributed by atoms with Crippen LogP contribution in [0.3, 0.4) is 0 Å². The number of piperidine rings is 1. The second kappa shape index (κ2) is 11.9. The Kier molecular flexibility index (Phi) is 8.36. The Morgan fingerprint density at radius 3 is 2.40 bits per heavy atom. The van der Waals surface area contributed by atoms with Gasteiger partial charge in [-0.25, -0.2) is 14.8 Å². The number of benzene rings is 1. The highest BCUT2D eigenvalue weighted by atomic mass is 35.5. The number of hydrogen-bond donors (Lipinski definition) is 3. The number of aromatic hydroxyl groups is 1. The van der Waals surface area contributed by atoms with Gasteiger partial charge in [-0.15, -0.1) is 0 Å². The minimum Gasteiger partial charge on any atom is -0.505 e. The van der Waals surface area contributed by atoms with E-state index in [4.69, 9.17) is 28.2 Å². The van der Waals surface area contributed by atoms with Crippen molar-refractivity contribution in [3.05, 3.63) is 64.4 Å². The maximum absolute atomic E-state index is 12.6. The predicted molar refractivity (Wildman–Crippen MR) is 169 cm³/mol. The van der Waals surface area contributed by atoms with Crippen molar-refractivity contribution in [3.63, 3.8) is 0 Å². The lowest BCUT2D eigenvalue weighted by molar-refractivity contribution is 0.0647. The number of carbonyl (C=O) groups excluding carboxylic acids is 1. The number of halogens is 2. The summed E-state index contributed by atoms with van der Waals surface area (Å²) in [6, 6.07) is 10.3. The summed E-state index contributed by atoms with van der Waals surface area (Å²) in [4.78, 5) is 42.2. The first kappa shape index (κ1) is 30.3. The lowest BCUT2D eigenvalue weighted by atomic mass is 9.97. The number of nitrogens with one attached hydrogen (secondary N) is 1. The molecule has 1 amide bonds. The molecule has 3 N–H and O–H groups in total. The first-order valence-electron chi connectivity index (χ1n) is 13.8. The number of rotatable bonds is 6. The van der Waals surface area contributed by atoms with Gasteiger partial charge in [-0.1, -0.05) is 23.2 Å². The normalized spacial score (nSPS) is 15.4. The van der Waals surface area contributed by atoms with Gasteiger partial charge in [-0.2, -0.15) is 0 Å². The van der Waals surface area contributed by atoms with E-state index in [-0.39, 0.29) is 27.6 Å². The molecule has 10 nitrogen and oxygen atoms in total. The van der Waals surface area contributed by atoms with Crippen LogP contribution in [-0.4, -0.2) is 66.6 Å². The van der Waals surface area contributed by atoms with Crippen LogP contribution in [-0.2, 0) is 0 Å². The summed E-state index contributed by atoms with van der Waals surface area (Å²) in [6.45, 7) is 8.50. The fourth-order valence-corrected chi connectivity index (χ4v) is 5.98. The minimum absolute atomic E-state index is 0.0959. The van der Waals surface area contributed by atoms with Gasteiger partial charge in [0.1, 0.15) is 11.3 Å². The van der Waals surface area contributed by atoms with Crippen molar-refractivity contribution in [1.82, 2.24) is 19.9 Å². The fraction of sp³-hybridized carbons (Fsp3) is 0.323. The van der Waals surface area contributed by atoms with Crippen LogP contribution in [0, 0.1) is 0 Å². The third-order valence-electron chi connectivity index (χ3n) is 7.44. The molecule has 4 heterocycles. The third kappa shape index (κ3) is 6.30. The molecule has 12 heteroatoms. The number of amides is 1. The van der Waals surface area contributed by atoms with Crippen LogP contribution in [0.15, 0.2) is 48.8 Å². The quantitative estimate of drug-likeness (QED) is 0.188. The molecule has 1 aromatic carbocycles. The number of anilines is 3. The van der Waals surface area contributed by atoms with E-state index in [1.807, 2.05) is 32.9 Å². The van der Waals surface area contributed by atoms with Crippen LogP contribution in [0.2, 0.25) is 10.0 Å². The number of aromatic nitrogens is 3. The standard InChI is InChI=1S/C31H32Cl2N6O4/c1-17(40)21-15-34-25-9-8-24(18-12-22(32)29(41)23(33)13-18)37-28(25)27(21)36-19-7-10-26(35-14-19)38-11-5-6-20(16-38)39(30(42)43)31(2,3)4/h7-10,12-15,20,41H,5-6,11,16H2,1-4H3,(H,34,36)(H,42,43)/t20-/m0/s1. The van der Waals surface area contributed by atoms with Crippen LogP contribution in [0.4, 0.5) is 22.0 Å². The SMILES string of the molecule is CC(=O)c1cnc2ccc(-c3cc(Cl)c(O)c(Cl)c3)nc2c1Nc1ccc(N2CCC[C@H](N(C(=O)O)C(C)(C)C)C2)nc1. The van der Waals surface area contributed by atoms with Crippen molar-refractivity contribution >= 4 is 63.3 Å². The molecule has 43 heavy (non-hydrogen) atoms. The summed E-state index contributed by atoms with van der Waals surface area (Å²) in [5.41, 5.74) is 3.10. The molecule has 0 bridgehead atoms. The average Bonchev–Trinajstić information content (AvgIpc) is 2.95. The number of fused-ring (bicyclic) bond motifs is 1. The number of phenolic OH excluding ortho intramolecular Hbond substituents is 1. The van der Waals surface area contributed by atoms with E-state index in [0.29, 0.717) is 45.8 Å². The highest BCUT2D eigenvalue weighted by Crippen LogP contribution is 2.37. The molecule has 3 aromatic heterocycles. The summed E-state index contributed by atoms with van der Waals surface area (Å²) in [5.74, 6) is 0.341. The van der Waals surface area contributed by atoms with Gasteiger partial charge in [0.15, 0.2) is 11.5 Å². The zero-order chi connectivity index (χ0) is 31.1. The van der Waals surface area contributed by atoms with Gasteiger partial charge >= 0.3 is 6.09 Å². The number of ketones is 1. The summed E-state index contributed by atoms with van der Waals surface area (Å²) >= 11 is 12.3. The van der Waals surface area contributed by atoms with Crippen molar-refractivity contribution in [2.45, 2.75) is 52.1 Å². The van der Waals surface area contributed by atoms with Gasteiger partial charge in [0.05, 0.1) is 50.4 Å². The van der Waals surface area contributed by atoms with E-state index in [1.54, 1.807) is 30.5 Å². The van der Waals surface area contributed by atoms with E-state index >= 15 is 0 Å². The number of nitrogens with zero attached hydrogens (tertiary/aromatic N) is 5.